The molecule has 1 aliphatic heterocycles. The SMILES string of the molecule is CN=C(NCCN1CCCC(C)C1)NCc1cccc(C)c1. The Morgan fingerprint density at radius 1 is 1.36 bits per heavy atom. The average Bonchev–Trinajstić information content (AvgIpc) is 2.51. The molecule has 22 heavy (non-hydrogen) atoms. The van der Waals surface area contributed by atoms with Crippen molar-refractivity contribution in [3.05, 3.63) is 35.4 Å². The highest BCUT2D eigenvalue weighted by atomic mass is 15.2. The largest absolute Gasteiger partial charge is 0.355 e. The third-order valence-electron chi connectivity index (χ3n) is 4.23. The minimum absolute atomic E-state index is 0.808. The summed E-state index contributed by atoms with van der Waals surface area (Å²) < 4.78 is 0. The summed E-state index contributed by atoms with van der Waals surface area (Å²) >= 11 is 0. The van der Waals surface area contributed by atoms with Crippen LogP contribution in [0.15, 0.2) is 29.3 Å². The van der Waals surface area contributed by atoms with Crippen LogP contribution in [0, 0.1) is 12.8 Å². The minimum atomic E-state index is 0.808. The number of aliphatic imine (C=N–C) groups is 1. The van der Waals surface area contributed by atoms with E-state index in [4.69, 9.17) is 0 Å². The van der Waals surface area contributed by atoms with Crippen LogP contribution in [-0.4, -0.2) is 44.1 Å². The molecule has 1 aliphatic rings. The van der Waals surface area contributed by atoms with E-state index >= 15 is 0 Å². The van der Waals surface area contributed by atoms with Gasteiger partial charge in [-0.15, -0.1) is 0 Å². The summed E-state index contributed by atoms with van der Waals surface area (Å²) in [5.41, 5.74) is 2.58. The fourth-order valence-electron chi connectivity index (χ4n) is 3.05. The molecule has 122 valence electrons. The summed E-state index contributed by atoms with van der Waals surface area (Å²) in [6.45, 7) is 9.79. The highest BCUT2D eigenvalue weighted by molar-refractivity contribution is 5.79. The standard InChI is InChI=1S/C18H30N4/c1-15-6-4-8-17(12-15)13-21-18(19-3)20-9-11-22-10-5-7-16(2)14-22/h4,6,8,12,16H,5,7,9-11,13-14H2,1-3H3,(H2,19,20,21). The van der Waals surface area contributed by atoms with Gasteiger partial charge in [-0.25, -0.2) is 0 Å². The van der Waals surface area contributed by atoms with E-state index in [1.807, 2.05) is 7.05 Å². The Bertz CT molecular complexity index is 484. The fourth-order valence-corrected chi connectivity index (χ4v) is 3.05. The predicted octanol–water partition coefficient (Wildman–Crippen LogP) is 2.39. The monoisotopic (exact) mass is 302 g/mol. The number of piperidine rings is 1. The fraction of sp³-hybridized carbons (Fsp3) is 0.611. The second-order valence-corrected chi connectivity index (χ2v) is 6.39. The van der Waals surface area contributed by atoms with Crippen LogP contribution in [0.4, 0.5) is 0 Å². The van der Waals surface area contributed by atoms with Crippen LogP contribution in [0.1, 0.15) is 30.9 Å². The van der Waals surface area contributed by atoms with Crippen molar-refractivity contribution in [2.45, 2.75) is 33.2 Å². The van der Waals surface area contributed by atoms with Gasteiger partial charge < -0.3 is 15.5 Å². The van der Waals surface area contributed by atoms with Gasteiger partial charge in [0.15, 0.2) is 5.96 Å². The van der Waals surface area contributed by atoms with Gasteiger partial charge in [0.05, 0.1) is 0 Å². The summed E-state index contributed by atoms with van der Waals surface area (Å²) in [7, 11) is 1.83. The molecule has 1 atom stereocenters. The first kappa shape index (κ1) is 16.8. The van der Waals surface area contributed by atoms with Crippen molar-refractivity contribution in [3.63, 3.8) is 0 Å². The van der Waals surface area contributed by atoms with E-state index in [0.717, 1.165) is 31.5 Å². The lowest BCUT2D eigenvalue weighted by Crippen LogP contribution is -2.43. The minimum Gasteiger partial charge on any atom is -0.355 e. The molecule has 4 nitrogen and oxygen atoms in total. The lowest BCUT2D eigenvalue weighted by Gasteiger charge is -2.30. The van der Waals surface area contributed by atoms with Gasteiger partial charge in [0.1, 0.15) is 0 Å². The third kappa shape index (κ3) is 5.68. The number of rotatable bonds is 5. The Morgan fingerprint density at radius 2 is 2.23 bits per heavy atom. The van der Waals surface area contributed by atoms with Gasteiger partial charge in [-0.1, -0.05) is 36.8 Å². The van der Waals surface area contributed by atoms with Crippen molar-refractivity contribution in [2.75, 3.05) is 33.2 Å². The molecule has 4 heteroatoms. The second kappa shape index (κ2) is 8.79. The Labute approximate surface area is 135 Å². The van der Waals surface area contributed by atoms with Crippen molar-refractivity contribution in [3.8, 4) is 0 Å². The molecule has 2 N–H and O–H groups in total. The number of hydrogen-bond acceptors (Lipinski definition) is 2. The van der Waals surface area contributed by atoms with Crippen molar-refractivity contribution in [1.29, 1.82) is 0 Å². The molecule has 2 rings (SSSR count). The van der Waals surface area contributed by atoms with Gasteiger partial charge in [-0.05, 0) is 37.8 Å². The Morgan fingerprint density at radius 3 is 2.95 bits per heavy atom. The second-order valence-electron chi connectivity index (χ2n) is 6.39. The molecule has 0 saturated carbocycles. The van der Waals surface area contributed by atoms with E-state index in [1.165, 1.54) is 37.1 Å². The van der Waals surface area contributed by atoms with E-state index in [-0.39, 0.29) is 0 Å². The molecule has 0 radical (unpaired) electrons. The molecule has 0 aliphatic carbocycles. The maximum Gasteiger partial charge on any atom is 0.191 e. The summed E-state index contributed by atoms with van der Waals surface area (Å²) in [6.07, 6.45) is 2.71. The molecule has 1 aromatic rings. The zero-order valence-corrected chi connectivity index (χ0v) is 14.2. The topological polar surface area (TPSA) is 39.7 Å². The molecule has 0 spiro atoms. The van der Waals surface area contributed by atoms with E-state index in [9.17, 15) is 0 Å². The molecule has 0 amide bonds. The van der Waals surface area contributed by atoms with Gasteiger partial charge in [-0.3, -0.25) is 4.99 Å². The number of guanidine groups is 1. The Kier molecular flexibility index (Phi) is 6.72. The van der Waals surface area contributed by atoms with Gasteiger partial charge in [-0.2, -0.15) is 0 Å². The lowest BCUT2D eigenvalue weighted by molar-refractivity contribution is 0.187. The van der Waals surface area contributed by atoms with Crippen LogP contribution in [0.5, 0.6) is 0 Å². The van der Waals surface area contributed by atoms with Gasteiger partial charge in [0, 0.05) is 33.2 Å². The molecule has 1 heterocycles. The molecule has 1 unspecified atom stereocenters. The van der Waals surface area contributed by atoms with Gasteiger partial charge in [0.2, 0.25) is 0 Å². The van der Waals surface area contributed by atoms with E-state index in [2.05, 4.69) is 58.6 Å². The Hall–Kier alpha value is -1.55. The predicted molar refractivity (Wildman–Crippen MR) is 94.2 cm³/mol. The maximum atomic E-state index is 4.30. The van der Waals surface area contributed by atoms with Crippen LogP contribution < -0.4 is 10.6 Å². The van der Waals surface area contributed by atoms with E-state index < -0.39 is 0 Å². The number of nitrogens with zero attached hydrogens (tertiary/aromatic N) is 2. The first-order valence-corrected chi connectivity index (χ1v) is 8.40. The molecule has 1 aromatic carbocycles. The lowest BCUT2D eigenvalue weighted by atomic mass is 10.0. The number of aryl methyl sites for hydroxylation is 1. The normalized spacial score (nSPS) is 20.0. The third-order valence-corrected chi connectivity index (χ3v) is 4.23. The molecule has 1 fully saturated rings. The van der Waals surface area contributed by atoms with Crippen LogP contribution >= 0.6 is 0 Å². The Balaban J connectivity index is 1.69. The molecule has 0 aromatic heterocycles. The highest BCUT2D eigenvalue weighted by Crippen LogP contribution is 2.14. The first-order chi connectivity index (χ1) is 10.7. The molecular weight excluding hydrogens is 272 g/mol. The average molecular weight is 302 g/mol. The van der Waals surface area contributed by atoms with Crippen molar-refractivity contribution in [1.82, 2.24) is 15.5 Å². The number of likely N-dealkylation sites (tertiary alicyclic amines) is 1. The molecule has 0 bridgehead atoms. The summed E-state index contributed by atoms with van der Waals surface area (Å²) in [6, 6.07) is 8.56. The van der Waals surface area contributed by atoms with Crippen LogP contribution in [0.3, 0.4) is 0 Å². The van der Waals surface area contributed by atoms with Crippen molar-refractivity contribution < 1.29 is 0 Å². The van der Waals surface area contributed by atoms with E-state index in [1.54, 1.807) is 0 Å². The van der Waals surface area contributed by atoms with Crippen molar-refractivity contribution >= 4 is 5.96 Å². The summed E-state index contributed by atoms with van der Waals surface area (Å²) in [5, 5.41) is 6.79. The van der Waals surface area contributed by atoms with Crippen LogP contribution in [0.2, 0.25) is 0 Å². The van der Waals surface area contributed by atoms with Crippen LogP contribution in [0.25, 0.3) is 0 Å². The van der Waals surface area contributed by atoms with Gasteiger partial charge >= 0.3 is 0 Å². The zero-order chi connectivity index (χ0) is 15.8. The number of hydrogen-bond donors (Lipinski definition) is 2. The maximum absolute atomic E-state index is 4.30. The summed E-state index contributed by atoms with van der Waals surface area (Å²) in [4.78, 5) is 6.85. The first-order valence-electron chi connectivity index (χ1n) is 8.40. The van der Waals surface area contributed by atoms with Gasteiger partial charge in [0.25, 0.3) is 0 Å². The molecular formula is C18H30N4. The quantitative estimate of drug-likeness (QED) is 0.648. The number of nitrogens with one attached hydrogen (secondary N) is 2. The van der Waals surface area contributed by atoms with Crippen molar-refractivity contribution in [2.24, 2.45) is 10.9 Å². The zero-order valence-electron chi connectivity index (χ0n) is 14.2. The smallest absolute Gasteiger partial charge is 0.191 e. The number of benzene rings is 1. The molecule has 1 saturated heterocycles. The van der Waals surface area contributed by atoms with Crippen LogP contribution in [-0.2, 0) is 6.54 Å². The highest BCUT2D eigenvalue weighted by Gasteiger charge is 2.15. The van der Waals surface area contributed by atoms with E-state index in [0.29, 0.717) is 0 Å². The summed E-state index contributed by atoms with van der Waals surface area (Å²) in [5.74, 6) is 1.72.